The number of nitrogens with zero attached hydrogens (tertiary/aromatic N) is 1. The third kappa shape index (κ3) is 4.39. The highest BCUT2D eigenvalue weighted by atomic mass is 19.1. The molecule has 1 heterocycles. The van der Waals surface area contributed by atoms with Gasteiger partial charge in [-0.05, 0) is 35.4 Å². The summed E-state index contributed by atoms with van der Waals surface area (Å²) in [6.45, 7) is 1.20. The molecule has 6 heteroatoms. The molecule has 1 fully saturated rings. The first-order valence-electron chi connectivity index (χ1n) is 8.48. The van der Waals surface area contributed by atoms with Crippen LogP contribution < -0.4 is 10.1 Å². The summed E-state index contributed by atoms with van der Waals surface area (Å²) in [6.07, 6.45) is 0.214. The Morgan fingerprint density at radius 3 is 2.46 bits per heavy atom. The van der Waals surface area contributed by atoms with Crippen LogP contribution in [0.25, 0.3) is 0 Å². The van der Waals surface area contributed by atoms with Crippen molar-refractivity contribution < 1.29 is 18.7 Å². The van der Waals surface area contributed by atoms with Crippen LogP contribution in [0.1, 0.15) is 17.5 Å². The number of methoxy groups -OCH3 is 1. The van der Waals surface area contributed by atoms with Gasteiger partial charge in [-0.1, -0.05) is 24.3 Å². The minimum Gasteiger partial charge on any atom is -0.497 e. The average molecular weight is 356 g/mol. The van der Waals surface area contributed by atoms with Gasteiger partial charge in [0.1, 0.15) is 11.6 Å². The fourth-order valence-corrected chi connectivity index (χ4v) is 2.99. The highest BCUT2D eigenvalue weighted by molar-refractivity contribution is 5.89. The number of carbonyl (C=O) groups excluding carboxylic acids is 2. The molecular formula is C20H21FN2O3. The Hall–Kier alpha value is -2.89. The van der Waals surface area contributed by atoms with Gasteiger partial charge in [-0.2, -0.15) is 0 Å². The summed E-state index contributed by atoms with van der Waals surface area (Å²) in [4.78, 5) is 26.2. The zero-order chi connectivity index (χ0) is 18.5. The van der Waals surface area contributed by atoms with Crippen molar-refractivity contribution >= 4 is 11.8 Å². The first-order chi connectivity index (χ1) is 12.5. The molecule has 0 aliphatic carbocycles. The zero-order valence-electron chi connectivity index (χ0n) is 14.6. The van der Waals surface area contributed by atoms with Crippen LogP contribution in [0, 0.1) is 11.7 Å². The summed E-state index contributed by atoms with van der Waals surface area (Å²) in [7, 11) is 1.61. The zero-order valence-corrected chi connectivity index (χ0v) is 14.6. The Balaban J connectivity index is 1.52. The predicted octanol–water partition coefficient (Wildman–Crippen LogP) is 2.50. The highest BCUT2D eigenvalue weighted by Gasteiger charge is 2.34. The maximum Gasteiger partial charge on any atom is 0.225 e. The summed E-state index contributed by atoms with van der Waals surface area (Å²) >= 11 is 0. The number of ether oxygens (including phenoxy) is 1. The van der Waals surface area contributed by atoms with Crippen LogP contribution in [0.4, 0.5) is 4.39 Å². The van der Waals surface area contributed by atoms with Crippen LogP contribution in [0.5, 0.6) is 5.75 Å². The Morgan fingerprint density at radius 1 is 1.15 bits per heavy atom. The normalized spacial score (nSPS) is 16.6. The molecule has 2 aromatic rings. The Morgan fingerprint density at radius 2 is 1.81 bits per heavy atom. The molecule has 26 heavy (non-hydrogen) atoms. The van der Waals surface area contributed by atoms with Crippen molar-refractivity contribution in [2.75, 3.05) is 13.7 Å². The third-order valence-electron chi connectivity index (χ3n) is 4.50. The molecule has 0 aromatic heterocycles. The third-order valence-corrected chi connectivity index (χ3v) is 4.50. The van der Waals surface area contributed by atoms with Crippen molar-refractivity contribution in [3.05, 3.63) is 65.5 Å². The molecule has 0 unspecified atom stereocenters. The quantitative estimate of drug-likeness (QED) is 0.865. The second-order valence-corrected chi connectivity index (χ2v) is 6.37. The number of likely N-dealkylation sites (tertiary alicyclic amines) is 1. The number of halogens is 1. The lowest BCUT2D eigenvalue weighted by molar-refractivity contribution is -0.129. The fraction of sp³-hybridized carbons (Fsp3) is 0.300. The molecule has 5 nitrogen and oxygen atoms in total. The first kappa shape index (κ1) is 17.9. The van der Waals surface area contributed by atoms with Gasteiger partial charge in [0.2, 0.25) is 11.8 Å². The summed E-state index contributed by atoms with van der Waals surface area (Å²) in [5, 5.41) is 2.82. The summed E-state index contributed by atoms with van der Waals surface area (Å²) in [5.41, 5.74) is 1.81. The molecule has 2 aromatic carbocycles. The molecule has 3 rings (SSSR count). The van der Waals surface area contributed by atoms with Crippen LogP contribution in [0.2, 0.25) is 0 Å². The SMILES string of the molecule is COc1ccc(CN2C[C@H](C(=O)NCc3ccc(F)cc3)CC2=O)cc1. The van der Waals surface area contributed by atoms with E-state index < -0.39 is 0 Å². The van der Waals surface area contributed by atoms with Gasteiger partial charge in [0.25, 0.3) is 0 Å². The summed E-state index contributed by atoms with van der Waals surface area (Å²) in [6, 6.07) is 13.5. The van der Waals surface area contributed by atoms with Crippen molar-refractivity contribution in [1.29, 1.82) is 0 Å². The van der Waals surface area contributed by atoms with Gasteiger partial charge < -0.3 is 15.0 Å². The maximum atomic E-state index is 12.9. The van der Waals surface area contributed by atoms with Gasteiger partial charge in [-0.15, -0.1) is 0 Å². The minimum absolute atomic E-state index is 0.0252. The molecule has 0 saturated carbocycles. The molecule has 1 aliphatic rings. The average Bonchev–Trinajstić information content (AvgIpc) is 3.02. The molecule has 1 atom stereocenters. The van der Waals surface area contributed by atoms with Crippen LogP contribution >= 0.6 is 0 Å². The number of nitrogens with one attached hydrogen (secondary N) is 1. The minimum atomic E-state index is -0.360. The van der Waals surface area contributed by atoms with Gasteiger partial charge in [0, 0.05) is 26.1 Å². The van der Waals surface area contributed by atoms with E-state index in [9.17, 15) is 14.0 Å². The smallest absolute Gasteiger partial charge is 0.225 e. The largest absolute Gasteiger partial charge is 0.497 e. The Labute approximate surface area is 151 Å². The van der Waals surface area contributed by atoms with Crippen LogP contribution in [-0.4, -0.2) is 30.4 Å². The van der Waals surface area contributed by atoms with Gasteiger partial charge in [-0.3, -0.25) is 9.59 Å². The first-order valence-corrected chi connectivity index (χ1v) is 8.48. The fourth-order valence-electron chi connectivity index (χ4n) is 2.99. The molecule has 2 amide bonds. The van der Waals surface area contributed by atoms with Gasteiger partial charge >= 0.3 is 0 Å². The van der Waals surface area contributed by atoms with E-state index in [1.165, 1.54) is 12.1 Å². The number of benzene rings is 2. The molecule has 1 N–H and O–H groups in total. The van der Waals surface area contributed by atoms with E-state index in [-0.39, 0.29) is 30.0 Å². The molecule has 0 radical (unpaired) electrons. The van der Waals surface area contributed by atoms with Crippen LogP contribution in [0.3, 0.4) is 0 Å². The van der Waals surface area contributed by atoms with E-state index in [2.05, 4.69) is 5.32 Å². The van der Waals surface area contributed by atoms with E-state index in [0.717, 1.165) is 16.9 Å². The maximum absolute atomic E-state index is 12.9. The van der Waals surface area contributed by atoms with Crippen molar-refractivity contribution in [2.45, 2.75) is 19.5 Å². The molecule has 0 spiro atoms. The van der Waals surface area contributed by atoms with Gasteiger partial charge in [-0.25, -0.2) is 4.39 Å². The van der Waals surface area contributed by atoms with E-state index in [0.29, 0.717) is 19.6 Å². The lowest BCUT2D eigenvalue weighted by atomic mass is 10.1. The van der Waals surface area contributed by atoms with Crippen LogP contribution in [-0.2, 0) is 22.7 Å². The molecule has 0 bridgehead atoms. The molecule has 136 valence electrons. The standard InChI is InChI=1S/C20H21FN2O3/c1-26-18-8-4-15(5-9-18)12-23-13-16(10-19(23)24)20(25)22-11-14-2-6-17(21)7-3-14/h2-9,16H,10-13H2,1H3,(H,22,25)/t16-/m1/s1. The van der Waals surface area contributed by atoms with Crippen molar-refractivity contribution in [2.24, 2.45) is 5.92 Å². The Kier molecular flexibility index (Phi) is 5.51. The Bertz CT molecular complexity index is 775. The van der Waals surface area contributed by atoms with Gasteiger partial charge in [0.05, 0.1) is 13.0 Å². The molecular weight excluding hydrogens is 335 g/mol. The number of rotatable bonds is 6. The highest BCUT2D eigenvalue weighted by Crippen LogP contribution is 2.21. The van der Waals surface area contributed by atoms with Crippen LogP contribution in [0.15, 0.2) is 48.5 Å². The second-order valence-electron chi connectivity index (χ2n) is 6.37. The van der Waals surface area contributed by atoms with Crippen molar-refractivity contribution in [3.63, 3.8) is 0 Å². The van der Waals surface area contributed by atoms with Crippen molar-refractivity contribution in [1.82, 2.24) is 10.2 Å². The van der Waals surface area contributed by atoms with Gasteiger partial charge in [0.15, 0.2) is 0 Å². The number of carbonyl (C=O) groups is 2. The van der Waals surface area contributed by atoms with Crippen molar-refractivity contribution in [3.8, 4) is 5.75 Å². The van der Waals surface area contributed by atoms with E-state index in [1.807, 2.05) is 24.3 Å². The number of amides is 2. The second kappa shape index (κ2) is 7.99. The molecule has 1 aliphatic heterocycles. The number of hydrogen-bond acceptors (Lipinski definition) is 3. The summed E-state index contributed by atoms with van der Waals surface area (Å²) < 4.78 is 18.0. The predicted molar refractivity (Wildman–Crippen MR) is 94.8 cm³/mol. The van der Waals surface area contributed by atoms with E-state index >= 15 is 0 Å². The van der Waals surface area contributed by atoms with E-state index in [4.69, 9.17) is 4.74 Å². The lowest BCUT2D eigenvalue weighted by Gasteiger charge is -2.17. The molecule has 1 saturated heterocycles. The van der Waals surface area contributed by atoms with E-state index in [1.54, 1.807) is 24.1 Å². The summed E-state index contributed by atoms with van der Waals surface area (Å²) in [5.74, 6) is -0.0842. The monoisotopic (exact) mass is 356 g/mol. The topological polar surface area (TPSA) is 58.6 Å². The lowest BCUT2D eigenvalue weighted by Crippen LogP contribution is -2.32. The number of hydrogen-bond donors (Lipinski definition) is 1.